The van der Waals surface area contributed by atoms with Crippen LogP contribution in [0, 0.1) is 0 Å². The molecule has 0 aromatic carbocycles. The van der Waals surface area contributed by atoms with Crippen LogP contribution in [0.25, 0.3) is 0 Å². The third-order valence-corrected chi connectivity index (χ3v) is 12.7. The SMILES string of the molecule is CC/C=C\C/C=C\C/C=C\C/C=C\C/C=C\CCCCCCOCC(COC1OC(COC2OC(CO)C(O)C(O)C2O)C(O)C(O)C1O)OC(=O)CCCCCCCCC/C=C\CCCCCCCC. The highest BCUT2D eigenvalue weighted by Crippen LogP contribution is 2.26. The Morgan fingerprint density at radius 2 is 0.915 bits per heavy atom. The number of esters is 1. The Balaban J connectivity index is 1.76. The van der Waals surface area contributed by atoms with Crippen molar-refractivity contribution in [3.8, 4) is 0 Å². The Hall–Kier alpha value is -2.57. The fourth-order valence-corrected chi connectivity index (χ4v) is 8.25. The molecule has 0 radical (unpaired) electrons. The molecule has 14 heteroatoms. The molecular formula is C57H98O14. The molecule has 71 heavy (non-hydrogen) atoms. The van der Waals surface area contributed by atoms with Gasteiger partial charge in [-0.2, -0.15) is 0 Å². The highest BCUT2D eigenvalue weighted by molar-refractivity contribution is 5.69. The Bertz CT molecular complexity index is 1450. The molecule has 0 aromatic rings. The predicted octanol–water partition coefficient (Wildman–Crippen LogP) is 9.08. The molecule has 2 aliphatic rings. The van der Waals surface area contributed by atoms with Crippen molar-refractivity contribution in [2.24, 2.45) is 0 Å². The summed E-state index contributed by atoms with van der Waals surface area (Å²) in [5.41, 5.74) is 0. The lowest BCUT2D eigenvalue weighted by Gasteiger charge is -2.42. The fraction of sp³-hybridized carbons (Fsp3) is 0.772. The molecule has 0 aromatic heterocycles. The zero-order valence-corrected chi connectivity index (χ0v) is 43.7. The van der Waals surface area contributed by atoms with E-state index in [2.05, 4.69) is 86.8 Å². The number of aliphatic hydroxyl groups excluding tert-OH is 7. The Morgan fingerprint density at radius 3 is 1.45 bits per heavy atom. The molecule has 0 aliphatic carbocycles. The summed E-state index contributed by atoms with van der Waals surface area (Å²) in [6.45, 7) is 3.50. The Morgan fingerprint density at radius 1 is 0.479 bits per heavy atom. The molecule has 2 aliphatic heterocycles. The molecule has 11 unspecified atom stereocenters. The largest absolute Gasteiger partial charge is 0.457 e. The highest BCUT2D eigenvalue weighted by atomic mass is 16.7. The van der Waals surface area contributed by atoms with E-state index in [-0.39, 0.29) is 19.6 Å². The second kappa shape index (κ2) is 43.8. The molecule has 11 atom stereocenters. The van der Waals surface area contributed by atoms with Gasteiger partial charge in [-0.05, 0) is 83.5 Å². The van der Waals surface area contributed by atoms with Crippen LogP contribution in [0.3, 0.4) is 0 Å². The van der Waals surface area contributed by atoms with Crippen LogP contribution in [0.15, 0.2) is 72.9 Å². The van der Waals surface area contributed by atoms with Gasteiger partial charge >= 0.3 is 5.97 Å². The highest BCUT2D eigenvalue weighted by Gasteiger charge is 2.47. The minimum atomic E-state index is -1.72. The van der Waals surface area contributed by atoms with Crippen LogP contribution < -0.4 is 0 Å². The minimum absolute atomic E-state index is 0.0393. The Kier molecular flexibility index (Phi) is 39.8. The first-order valence-electron chi connectivity index (χ1n) is 27.5. The van der Waals surface area contributed by atoms with Crippen molar-refractivity contribution in [3.05, 3.63) is 72.9 Å². The molecule has 410 valence electrons. The molecule has 7 N–H and O–H groups in total. The second-order valence-electron chi connectivity index (χ2n) is 19.0. The monoisotopic (exact) mass is 1010 g/mol. The summed E-state index contributed by atoms with van der Waals surface area (Å²) in [6, 6.07) is 0. The van der Waals surface area contributed by atoms with Gasteiger partial charge in [-0.15, -0.1) is 0 Å². The van der Waals surface area contributed by atoms with Gasteiger partial charge in [-0.25, -0.2) is 0 Å². The number of hydrogen-bond donors (Lipinski definition) is 7. The van der Waals surface area contributed by atoms with Crippen LogP contribution >= 0.6 is 0 Å². The van der Waals surface area contributed by atoms with Gasteiger partial charge in [0.15, 0.2) is 12.6 Å². The van der Waals surface area contributed by atoms with Gasteiger partial charge in [0, 0.05) is 13.0 Å². The quantitative estimate of drug-likeness (QED) is 0.0173. The lowest BCUT2D eigenvalue weighted by molar-refractivity contribution is -0.332. The van der Waals surface area contributed by atoms with Gasteiger partial charge in [-0.3, -0.25) is 4.79 Å². The zero-order chi connectivity index (χ0) is 51.6. The van der Waals surface area contributed by atoms with E-state index in [0.717, 1.165) is 89.9 Å². The number of ether oxygens (including phenoxy) is 6. The topological polar surface area (TPSA) is 214 Å². The van der Waals surface area contributed by atoms with Gasteiger partial charge in [0.25, 0.3) is 0 Å². The molecule has 2 saturated heterocycles. The maximum atomic E-state index is 13.0. The molecule has 0 spiro atoms. The molecule has 0 amide bonds. The minimum Gasteiger partial charge on any atom is -0.457 e. The zero-order valence-electron chi connectivity index (χ0n) is 43.7. The smallest absolute Gasteiger partial charge is 0.306 e. The number of hydrogen-bond acceptors (Lipinski definition) is 14. The van der Waals surface area contributed by atoms with E-state index in [1.165, 1.54) is 64.2 Å². The average molecular weight is 1010 g/mol. The molecule has 2 rings (SSSR count). The molecule has 2 fully saturated rings. The van der Waals surface area contributed by atoms with Crippen molar-refractivity contribution in [1.82, 2.24) is 0 Å². The van der Waals surface area contributed by atoms with E-state index in [1.54, 1.807) is 0 Å². The molecule has 14 nitrogen and oxygen atoms in total. The summed E-state index contributed by atoms with van der Waals surface area (Å²) in [6.07, 6.45) is 38.1. The molecular weight excluding hydrogens is 909 g/mol. The summed E-state index contributed by atoms with van der Waals surface area (Å²) in [5.74, 6) is -0.392. The van der Waals surface area contributed by atoms with Crippen LogP contribution in [0.5, 0.6) is 0 Å². The van der Waals surface area contributed by atoms with Crippen molar-refractivity contribution >= 4 is 5.97 Å². The maximum Gasteiger partial charge on any atom is 0.306 e. The first kappa shape index (κ1) is 64.5. The summed E-state index contributed by atoms with van der Waals surface area (Å²) in [7, 11) is 0. The first-order valence-corrected chi connectivity index (χ1v) is 27.5. The number of rotatable bonds is 43. The first-order chi connectivity index (χ1) is 34.6. The summed E-state index contributed by atoms with van der Waals surface area (Å²) >= 11 is 0. The van der Waals surface area contributed by atoms with Crippen LogP contribution in [-0.4, -0.2) is 142 Å². The van der Waals surface area contributed by atoms with E-state index >= 15 is 0 Å². The third kappa shape index (κ3) is 31.0. The molecule has 2 heterocycles. The fourth-order valence-electron chi connectivity index (χ4n) is 8.25. The summed E-state index contributed by atoms with van der Waals surface area (Å²) in [4.78, 5) is 13.0. The van der Waals surface area contributed by atoms with Crippen molar-refractivity contribution in [1.29, 1.82) is 0 Å². The predicted molar refractivity (Wildman–Crippen MR) is 279 cm³/mol. The van der Waals surface area contributed by atoms with Crippen LogP contribution in [0.1, 0.15) is 181 Å². The van der Waals surface area contributed by atoms with E-state index < -0.39 is 86.7 Å². The molecule has 0 saturated carbocycles. The lowest BCUT2D eigenvalue weighted by atomic mass is 9.98. The van der Waals surface area contributed by atoms with Crippen molar-refractivity contribution in [2.75, 3.05) is 33.0 Å². The normalized spacial score (nSPS) is 25.9. The number of carbonyl (C=O) groups is 1. The number of allylic oxidation sites excluding steroid dienone is 12. The third-order valence-electron chi connectivity index (χ3n) is 12.7. The summed E-state index contributed by atoms with van der Waals surface area (Å²) < 4.78 is 34.3. The molecule has 0 bridgehead atoms. The van der Waals surface area contributed by atoms with E-state index in [1.807, 2.05) is 0 Å². The van der Waals surface area contributed by atoms with Gasteiger partial charge in [-0.1, -0.05) is 164 Å². The van der Waals surface area contributed by atoms with E-state index in [4.69, 9.17) is 28.4 Å². The van der Waals surface area contributed by atoms with E-state index in [9.17, 15) is 40.5 Å². The summed E-state index contributed by atoms with van der Waals surface area (Å²) in [5, 5.41) is 72.2. The number of aliphatic hydroxyl groups is 7. The van der Waals surface area contributed by atoms with Gasteiger partial charge in [0.2, 0.25) is 0 Å². The maximum absolute atomic E-state index is 13.0. The van der Waals surface area contributed by atoms with Crippen molar-refractivity contribution < 1.29 is 69.0 Å². The number of carbonyl (C=O) groups excluding carboxylic acids is 1. The number of unbranched alkanes of at least 4 members (excludes halogenated alkanes) is 17. The Labute approximate surface area is 427 Å². The second-order valence-corrected chi connectivity index (χ2v) is 19.0. The van der Waals surface area contributed by atoms with Crippen molar-refractivity contribution in [3.63, 3.8) is 0 Å². The van der Waals surface area contributed by atoms with Crippen LogP contribution in [0.2, 0.25) is 0 Å². The van der Waals surface area contributed by atoms with Crippen LogP contribution in [0.4, 0.5) is 0 Å². The van der Waals surface area contributed by atoms with Crippen LogP contribution in [-0.2, 0) is 33.2 Å². The lowest BCUT2D eigenvalue weighted by Crippen LogP contribution is -2.61. The standard InChI is InChI=1S/C57H98O14/c1-3-5-7-9-11-13-15-17-19-21-22-23-25-27-29-31-33-35-37-39-41-66-43-46(69-49(59)40-38-36-34-32-30-28-26-24-20-18-16-14-12-10-8-6-4-2)44-67-56-55(65)53(63)51(61)48(71-56)45-68-57-54(64)52(62)50(60)47(42-58)70-57/h5,7,11,13,17-20,22-23,27,29,46-48,50-58,60-65H,3-4,6,8-10,12,14-16,21,24-26,28,30-45H2,1-2H3/b7-5-,13-11-,19-17-,20-18-,23-22-,29-27-. The van der Waals surface area contributed by atoms with Gasteiger partial charge < -0.3 is 64.2 Å². The average Bonchev–Trinajstić information content (AvgIpc) is 3.37. The van der Waals surface area contributed by atoms with Crippen molar-refractivity contribution in [2.45, 2.75) is 248 Å². The van der Waals surface area contributed by atoms with Gasteiger partial charge in [0.1, 0.15) is 54.9 Å². The van der Waals surface area contributed by atoms with Gasteiger partial charge in [0.05, 0.1) is 26.4 Å². The van der Waals surface area contributed by atoms with E-state index in [0.29, 0.717) is 13.0 Å².